The summed E-state index contributed by atoms with van der Waals surface area (Å²) in [6.07, 6.45) is -2.90. The van der Waals surface area contributed by atoms with Crippen LogP contribution in [0, 0.1) is 0 Å². The molecule has 1 aliphatic rings. The third-order valence-corrected chi connectivity index (χ3v) is 2.90. The van der Waals surface area contributed by atoms with Gasteiger partial charge in [0.2, 0.25) is 0 Å². The smallest absolute Gasteiger partial charge is 0.404 e. The number of carbonyl (C=O) groups is 1. The van der Waals surface area contributed by atoms with Crippen LogP contribution >= 0.6 is 0 Å². The standard InChI is InChI=1S/C12H13F3N2O2/c1-17(8-3-4-8)11(18)7-2-5-10(9(16)6-7)19-12(13,14)15/h2,5-6,8H,3-4,16H2,1H3. The highest BCUT2D eigenvalue weighted by atomic mass is 19.4. The molecule has 1 aromatic carbocycles. The zero-order valence-corrected chi connectivity index (χ0v) is 10.2. The molecule has 0 heterocycles. The van der Waals surface area contributed by atoms with E-state index in [1.165, 1.54) is 12.1 Å². The van der Waals surface area contributed by atoms with Crippen molar-refractivity contribution in [2.45, 2.75) is 25.2 Å². The summed E-state index contributed by atoms with van der Waals surface area (Å²) in [5, 5.41) is 0. The normalized spacial score (nSPS) is 15.2. The van der Waals surface area contributed by atoms with Crippen molar-refractivity contribution in [1.82, 2.24) is 4.90 Å². The SMILES string of the molecule is CN(C(=O)c1ccc(OC(F)(F)F)c(N)c1)C1CC1. The van der Waals surface area contributed by atoms with Crippen LogP contribution in [0.4, 0.5) is 18.9 Å². The fourth-order valence-electron chi connectivity index (χ4n) is 1.73. The van der Waals surface area contributed by atoms with E-state index >= 15 is 0 Å². The van der Waals surface area contributed by atoms with Gasteiger partial charge in [-0.25, -0.2) is 0 Å². The largest absolute Gasteiger partial charge is 0.573 e. The minimum absolute atomic E-state index is 0.215. The van der Waals surface area contributed by atoms with E-state index in [9.17, 15) is 18.0 Å². The van der Waals surface area contributed by atoms with Crippen LogP contribution in [-0.2, 0) is 0 Å². The summed E-state index contributed by atoms with van der Waals surface area (Å²) in [5.41, 5.74) is 5.50. The van der Waals surface area contributed by atoms with Gasteiger partial charge < -0.3 is 15.4 Å². The van der Waals surface area contributed by atoms with E-state index in [0.29, 0.717) is 0 Å². The first-order chi connectivity index (χ1) is 8.78. The van der Waals surface area contributed by atoms with Crippen molar-refractivity contribution in [3.8, 4) is 5.75 Å². The van der Waals surface area contributed by atoms with Gasteiger partial charge in [-0.15, -0.1) is 13.2 Å². The lowest BCUT2D eigenvalue weighted by atomic mass is 10.1. The molecule has 0 bridgehead atoms. The summed E-state index contributed by atoms with van der Waals surface area (Å²) >= 11 is 0. The van der Waals surface area contributed by atoms with Crippen molar-refractivity contribution in [2.24, 2.45) is 0 Å². The van der Waals surface area contributed by atoms with Gasteiger partial charge in [0.1, 0.15) is 0 Å². The third-order valence-electron chi connectivity index (χ3n) is 2.90. The van der Waals surface area contributed by atoms with E-state index in [2.05, 4.69) is 4.74 Å². The molecule has 0 aliphatic heterocycles. The van der Waals surface area contributed by atoms with Crippen LogP contribution < -0.4 is 10.5 Å². The Morgan fingerprint density at radius 2 is 2.05 bits per heavy atom. The fourth-order valence-corrected chi connectivity index (χ4v) is 1.73. The van der Waals surface area contributed by atoms with Crippen LogP contribution in [0.3, 0.4) is 0 Å². The first-order valence-corrected chi connectivity index (χ1v) is 5.70. The van der Waals surface area contributed by atoms with Crippen LogP contribution in [0.15, 0.2) is 18.2 Å². The number of alkyl halides is 3. The molecule has 1 saturated carbocycles. The van der Waals surface area contributed by atoms with E-state index < -0.39 is 12.1 Å². The summed E-state index contributed by atoms with van der Waals surface area (Å²) in [4.78, 5) is 13.6. The highest BCUT2D eigenvalue weighted by Crippen LogP contribution is 2.31. The molecule has 2 rings (SSSR count). The average Bonchev–Trinajstić information content (AvgIpc) is 3.12. The number of nitrogens with zero attached hydrogens (tertiary/aromatic N) is 1. The van der Waals surface area contributed by atoms with Crippen molar-refractivity contribution in [2.75, 3.05) is 12.8 Å². The molecule has 1 amide bonds. The summed E-state index contributed by atoms with van der Waals surface area (Å²) in [6, 6.07) is 3.75. The van der Waals surface area contributed by atoms with Crippen LogP contribution in [0.25, 0.3) is 0 Å². The summed E-state index contributed by atoms with van der Waals surface area (Å²) < 4.78 is 39.9. The number of nitrogen functional groups attached to an aromatic ring is 1. The predicted octanol–water partition coefficient (Wildman–Crippen LogP) is 2.40. The number of benzene rings is 1. The second-order valence-corrected chi connectivity index (χ2v) is 4.45. The highest BCUT2D eigenvalue weighted by molar-refractivity contribution is 5.95. The van der Waals surface area contributed by atoms with E-state index in [1.807, 2.05) is 0 Å². The molecule has 1 fully saturated rings. The Morgan fingerprint density at radius 1 is 1.42 bits per heavy atom. The fraction of sp³-hybridized carbons (Fsp3) is 0.417. The number of hydrogen-bond acceptors (Lipinski definition) is 3. The first kappa shape index (κ1) is 13.5. The minimum atomic E-state index is -4.80. The number of hydrogen-bond donors (Lipinski definition) is 1. The Bertz CT molecular complexity index is 498. The Hall–Kier alpha value is -1.92. The lowest BCUT2D eigenvalue weighted by Crippen LogP contribution is -2.28. The molecular weight excluding hydrogens is 261 g/mol. The van der Waals surface area contributed by atoms with Crippen molar-refractivity contribution in [1.29, 1.82) is 0 Å². The third kappa shape index (κ3) is 3.30. The van der Waals surface area contributed by atoms with Gasteiger partial charge >= 0.3 is 6.36 Å². The van der Waals surface area contributed by atoms with Crippen molar-refractivity contribution in [3.05, 3.63) is 23.8 Å². The Kier molecular flexibility index (Phi) is 3.30. The zero-order chi connectivity index (χ0) is 14.2. The molecule has 7 heteroatoms. The molecule has 19 heavy (non-hydrogen) atoms. The van der Waals surface area contributed by atoms with Crippen LogP contribution in [-0.4, -0.2) is 30.3 Å². The zero-order valence-electron chi connectivity index (χ0n) is 10.2. The van der Waals surface area contributed by atoms with Gasteiger partial charge in [-0.3, -0.25) is 4.79 Å². The van der Waals surface area contributed by atoms with Crippen molar-refractivity contribution in [3.63, 3.8) is 0 Å². The highest BCUT2D eigenvalue weighted by Gasteiger charge is 2.33. The maximum atomic E-state index is 12.1. The molecule has 0 spiro atoms. The molecule has 0 radical (unpaired) electrons. The minimum Gasteiger partial charge on any atom is -0.404 e. The lowest BCUT2D eigenvalue weighted by Gasteiger charge is -2.17. The molecular formula is C12H13F3N2O2. The quantitative estimate of drug-likeness (QED) is 0.861. The predicted molar refractivity (Wildman–Crippen MR) is 62.7 cm³/mol. The number of rotatable bonds is 3. The molecule has 104 valence electrons. The monoisotopic (exact) mass is 274 g/mol. The van der Waals surface area contributed by atoms with E-state index in [1.54, 1.807) is 11.9 Å². The van der Waals surface area contributed by atoms with Gasteiger partial charge in [-0.1, -0.05) is 0 Å². The lowest BCUT2D eigenvalue weighted by molar-refractivity contribution is -0.274. The molecule has 2 N–H and O–H groups in total. The van der Waals surface area contributed by atoms with Gasteiger partial charge in [-0.05, 0) is 31.0 Å². The Morgan fingerprint density at radius 3 is 2.53 bits per heavy atom. The van der Waals surface area contributed by atoms with Gasteiger partial charge in [0.05, 0.1) is 5.69 Å². The molecule has 0 unspecified atom stereocenters. The second-order valence-electron chi connectivity index (χ2n) is 4.45. The number of anilines is 1. The van der Waals surface area contributed by atoms with E-state index in [4.69, 9.17) is 5.73 Å². The Balaban J connectivity index is 2.16. The van der Waals surface area contributed by atoms with Gasteiger partial charge in [0, 0.05) is 18.7 Å². The average molecular weight is 274 g/mol. The molecule has 1 aromatic rings. The molecule has 4 nitrogen and oxygen atoms in total. The number of carbonyl (C=O) groups excluding carboxylic acids is 1. The van der Waals surface area contributed by atoms with Crippen molar-refractivity contribution >= 4 is 11.6 Å². The number of ether oxygens (including phenoxy) is 1. The molecule has 0 saturated heterocycles. The number of amides is 1. The maximum Gasteiger partial charge on any atom is 0.573 e. The number of nitrogens with two attached hydrogens (primary N) is 1. The summed E-state index contributed by atoms with van der Waals surface area (Å²) in [7, 11) is 1.66. The number of halogens is 3. The summed E-state index contributed by atoms with van der Waals surface area (Å²) in [6.45, 7) is 0. The molecule has 0 aromatic heterocycles. The van der Waals surface area contributed by atoms with Gasteiger partial charge in [0.25, 0.3) is 5.91 Å². The first-order valence-electron chi connectivity index (χ1n) is 5.70. The van der Waals surface area contributed by atoms with Crippen LogP contribution in [0.5, 0.6) is 5.75 Å². The van der Waals surface area contributed by atoms with Crippen LogP contribution in [0.2, 0.25) is 0 Å². The second kappa shape index (κ2) is 4.64. The maximum absolute atomic E-state index is 12.1. The van der Waals surface area contributed by atoms with Crippen molar-refractivity contribution < 1.29 is 22.7 Å². The molecule has 0 atom stereocenters. The Labute approximate surface area is 107 Å². The van der Waals surface area contributed by atoms with Gasteiger partial charge in [0.15, 0.2) is 5.75 Å². The topological polar surface area (TPSA) is 55.6 Å². The van der Waals surface area contributed by atoms with Crippen LogP contribution in [0.1, 0.15) is 23.2 Å². The van der Waals surface area contributed by atoms with Gasteiger partial charge in [-0.2, -0.15) is 0 Å². The summed E-state index contributed by atoms with van der Waals surface area (Å²) in [5.74, 6) is -0.758. The van der Waals surface area contributed by atoms with E-state index in [0.717, 1.165) is 18.9 Å². The van der Waals surface area contributed by atoms with E-state index in [-0.39, 0.29) is 23.2 Å². The molecule has 1 aliphatic carbocycles.